The van der Waals surface area contributed by atoms with E-state index in [9.17, 15) is 0 Å². The van der Waals surface area contributed by atoms with Crippen molar-refractivity contribution in [1.82, 2.24) is 0 Å². The zero-order valence-electron chi connectivity index (χ0n) is 8.41. The number of hydrogen-bond donors (Lipinski definition) is 0. The van der Waals surface area contributed by atoms with E-state index in [0.29, 0.717) is 0 Å². The average Bonchev–Trinajstić information content (AvgIpc) is 2.54. The Morgan fingerprint density at radius 1 is 0.846 bits per heavy atom. The second kappa shape index (κ2) is 3.15. The zero-order chi connectivity index (χ0) is 8.67. The molecule has 0 aromatic carbocycles. The van der Waals surface area contributed by atoms with Gasteiger partial charge in [-0.15, -0.1) is 0 Å². The highest BCUT2D eigenvalue weighted by atomic mass is 14.4. The van der Waals surface area contributed by atoms with E-state index < -0.39 is 0 Å². The van der Waals surface area contributed by atoms with Crippen molar-refractivity contribution < 1.29 is 0 Å². The van der Waals surface area contributed by atoms with Gasteiger partial charge in [0, 0.05) is 0 Å². The first-order chi connectivity index (χ1) is 6.43. The predicted octanol–water partition coefficient (Wildman–Crippen LogP) is 3.78. The molecule has 0 saturated heterocycles. The fraction of sp³-hybridized carbons (Fsp3) is 0.846. The molecule has 0 radical (unpaired) electrons. The van der Waals surface area contributed by atoms with Crippen molar-refractivity contribution in [1.29, 1.82) is 0 Å². The van der Waals surface area contributed by atoms with Gasteiger partial charge in [0.25, 0.3) is 0 Å². The maximum Gasteiger partial charge on any atom is -0.0197 e. The average molecular weight is 176 g/mol. The highest BCUT2D eigenvalue weighted by molar-refractivity contribution is 5.07. The van der Waals surface area contributed by atoms with E-state index in [2.05, 4.69) is 12.2 Å². The van der Waals surface area contributed by atoms with Gasteiger partial charge in [-0.2, -0.15) is 0 Å². The minimum absolute atomic E-state index is 0.968. The summed E-state index contributed by atoms with van der Waals surface area (Å²) in [5.74, 6) is 4.14. The molecule has 0 N–H and O–H groups in total. The Balaban J connectivity index is 1.83. The van der Waals surface area contributed by atoms with E-state index in [1.807, 2.05) is 0 Å². The first-order valence-corrected chi connectivity index (χ1v) is 6.12. The van der Waals surface area contributed by atoms with Crippen LogP contribution in [0.2, 0.25) is 0 Å². The lowest BCUT2D eigenvalue weighted by molar-refractivity contribution is 0.189. The molecule has 0 aromatic heterocycles. The van der Waals surface area contributed by atoms with Gasteiger partial charge in [-0.25, -0.2) is 0 Å². The van der Waals surface area contributed by atoms with Crippen molar-refractivity contribution in [2.45, 2.75) is 44.9 Å². The topological polar surface area (TPSA) is 0 Å². The molecule has 0 spiro atoms. The zero-order valence-corrected chi connectivity index (χ0v) is 8.41. The van der Waals surface area contributed by atoms with Crippen LogP contribution in [-0.2, 0) is 0 Å². The fourth-order valence-electron chi connectivity index (χ4n) is 3.92. The number of hydrogen-bond acceptors (Lipinski definition) is 0. The lowest BCUT2D eigenvalue weighted by atomic mass is 9.72. The molecule has 3 aliphatic carbocycles. The van der Waals surface area contributed by atoms with Crippen LogP contribution in [0.25, 0.3) is 0 Å². The normalized spacial score (nSPS) is 48.6. The van der Waals surface area contributed by atoms with Crippen LogP contribution in [-0.4, -0.2) is 0 Å². The van der Waals surface area contributed by atoms with Crippen molar-refractivity contribution in [3.05, 3.63) is 12.2 Å². The van der Waals surface area contributed by atoms with Crippen molar-refractivity contribution in [2.75, 3.05) is 0 Å². The van der Waals surface area contributed by atoms with Gasteiger partial charge in [0.05, 0.1) is 0 Å². The summed E-state index contributed by atoms with van der Waals surface area (Å²) < 4.78 is 0. The molecule has 0 amide bonds. The first kappa shape index (κ1) is 8.08. The van der Waals surface area contributed by atoms with Crippen LogP contribution >= 0.6 is 0 Å². The van der Waals surface area contributed by atoms with Crippen LogP contribution in [0.1, 0.15) is 44.9 Å². The van der Waals surface area contributed by atoms with Crippen molar-refractivity contribution in [2.24, 2.45) is 23.7 Å². The summed E-state index contributed by atoms with van der Waals surface area (Å²) in [4.78, 5) is 0. The minimum atomic E-state index is 0.968. The number of rotatable bonds is 0. The van der Waals surface area contributed by atoms with Gasteiger partial charge in [-0.1, -0.05) is 31.4 Å². The molecular formula is C13H20. The van der Waals surface area contributed by atoms with Gasteiger partial charge >= 0.3 is 0 Å². The van der Waals surface area contributed by atoms with Crippen LogP contribution < -0.4 is 0 Å². The third-order valence-corrected chi connectivity index (χ3v) is 4.63. The Morgan fingerprint density at radius 2 is 1.77 bits per heavy atom. The van der Waals surface area contributed by atoms with Gasteiger partial charge in [0.15, 0.2) is 0 Å². The smallest absolute Gasteiger partial charge is 0.0197 e. The second-order valence-corrected chi connectivity index (χ2v) is 5.33. The molecule has 0 nitrogen and oxygen atoms in total. The highest BCUT2D eigenvalue weighted by Crippen LogP contribution is 2.47. The Morgan fingerprint density at radius 3 is 2.77 bits per heavy atom. The third kappa shape index (κ3) is 1.35. The summed E-state index contributed by atoms with van der Waals surface area (Å²) >= 11 is 0. The molecular weight excluding hydrogens is 156 g/mol. The Hall–Kier alpha value is -0.260. The standard InChI is InChI=1S/C13H20/c1-2-4-13-11(3-1)7-5-10-6-8-12(13)9-10/h6,8,10-13H,1-5,7,9H2. The summed E-state index contributed by atoms with van der Waals surface area (Å²) in [5.41, 5.74) is 0. The summed E-state index contributed by atoms with van der Waals surface area (Å²) in [6.07, 6.45) is 15.7. The van der Waals surface area contributed by atoms with Gasteiger partial charge in [-0.05, 0) is 49.4 Å². The lowest BCUT2D eigenvalue weighted by Crippen LogP contribution is -2.23. The molecule has 0 heteroatoms. The van der Waals surface area contributed by atoms with Crippen molar-refractivity contribution in [3.8, 4) is 0 Å². The molecule has 4 unspecified atom stereocenters. The summed E-state index contributed by atoms with van der Waals surface area (Å²) in [6, 6.07) is 0. The minimum Gasteiger partial charge on any atom is -0.0851 e. The van der Waals surface area contributed by atoms with Gasteiger partial charge in [0.1, 0.15) is 0 Å². The molecule has 0 aliphatic heterocycles. The molecule has 3 aliphatic rings. The van der Waals surface area contributed by atoms with E-state index >= 15 is 0 Å². The Labute approximate surface area is 81.4 Å². The van der Waals surface area contributed by atoms with Crippen molar-refractivity contribution >= 4 is 0 Å². The number of fused-ring (bicyclic) bond motifs is 4. The fourth-order valence-corrected chi connectivity index (χ4v) is 3.92. The van der Waals surface area contributed by atoms with Gasteiger partial charge < -0.3 is 0 Å². The number of allylic oxidation sites excluding steroid dienone is 2. The molecule has 4 atom stereocenters. The molecule has 0 heterocycles. The molecule has 13 heavy (non-hydrogen) atoms. The summed E-state index contributed by atoms with van der Waals surface area (Å²) in [5, 5.41) is 0. The highest BCUT2D eigenvalue weighted by Gasteiger charge is 2.36. The van der Waals surface area contributed by atoms with Crippen molar-refractivity contribution in [3.63, 3.8) is 0 Å². The van der Waals surface area contributed by atoms with Gasteiger partial charge in [0.2, 0.25) is 0 Å². The maximum absolute atomic E-state index is 2.55. The lowest BCUT2D eigenvalue weighted by Gasteiger charge is -2.33. The van der Waals surface area contributed by atoms with E-state index in [1.54, 1.807) is 6.42 Å². The summed E-state index contributed by atoms with van der Waals surface area (Å²) in [7, 11) is 0. The Bertz CT molecular complexity index is 216. The van der Waals surface area contributed by atoms with Crippen LogP contribution in [0.15, 0.2) is 12.2 Å². The molecule has 2 bridgehead atoms. The van der Waals surface area contributed by atoms with E-state index in [4.69, 9.17) is 0 Å². The predicted molar refractivity (Wildman–Crippen MR) is 55.4 cm³/mol. The molecule has 72 valence electrons. The van der Waals surface area contributed by atoms with E-state index in [1.165, 1.54) is 38.5 Å². The SMILES string of the molecule is C1=CC2CC1CCC1CCCCC21. The molecule has 2 fully saturated rings. The van der Waals surface area contributed by atoms with E-state index in [0.717, 1.165) is 23.7 Å². The Kier molecular flexibility index (Phi) is 1.96. The molecule has 2 saturated carbocycles. The third-order valence-electron chi connectivity index (χ3n) is 4.63. The molecule has 0 aromatic rings. The first-order valence-electron chi connectivity index (χ1n) is 6.12. The van der Waals surface area contributed by atoms with Crippen LogP contribution in [0, 0.1) is 23.7 Å². The largest absolute Gasteiger partial charge is 0.0851 e. The molecule has 3 rings (SSSR count). The van der Waals surface area contributed by atoms with Crippen LogP contribution in [0.5, 0.6) is 0 Å². The van der Waals surface area contributed by atoms with Gasteiger partial charge in [-0.3, -0.25) is 0 Å². The maximum atomic E-state index is 2.55. The quantitative estimate of drug-likeness (QED) is 0.493. The second-order valence-electron chi connectivity index (χ2n) is 5.33. The monoisotopic (exact) mass is 176 g/mol. The van der Waals surface area contributed by atoms with Crippen LogP contribution in [0.3, 0.4) is 0 Å². The summed E-state index contributed by atoms with van der Waals surface area (Å²) in [6.45, 7) is 0. The van der Waals surface area contributed by atoms with E-state index in [-0.39, 0.29) is 0 Å². The van der Waals surface area contributed by atoms with Crippen LogP contribution in [0.4, 0.5) is 0 Å².